The third kappa shape index (κ3) is 4.52. The molecule has 0 bridgehead atoms. The number of rotatable bonds is 8. The minimum absolute atomic E-state index is 0.127. The first-order valence-electron chi connectivity index (χ1n) is 6.64. The SMILES string of the molecule is CCN(C(C)COC)S(=O)(=O)c1ccc(CC(=O)O)cc1. The Morgan fingerprint density at radius 1 is 1.33 bits per heavy atom. The highest BCUT2D eigenvalue weighted by Gasteiger charge is 2.27. The third-order valence-electron chi connectivity index (χ3n) is 3.10. The van der Waals surface area contributed by atoms with Gasteiger partial charge in [-0.3, -0.25) is 4.79 Å². The average Bonchev–Trinajstić information content (AvgIpc) is 2.39. The average molecular weight is 315 g/mol. The van der Waals surface area contributed by atoms with E-state index in [2.05, 4.69) is 0 Å². The van der Waals surface area contributed by atoms with Crippen molar-refractivity contribution in [3.05, 3.63) is 29.8 Å². The molecule has 0 radical (unpaired) electrons. The third-order valence-corrected chi connectivity index (χ3v) is 5.20. The van der Waals surface area contributed by atoms with Crippen molar-refractivity contribution >= 4 is 16.0 Å². The van der Waals surface area contributed by atoms with Gasteiger partial charge in [0.05, 0.1) is 17.9 Å². The van der Waals surface area contributed by atoms with Gasteiger partial charge in [-0.15, -0.1) is 0 Å². The molecule has 6 nitrogen and oxygen atoms in total. The predicted molar refractivity (Wildman–Crippen MR) is 78.7 cm³/mol. The van der Waals surface area contributed by atoms with E-state index in [0.29, 0.717) is 18.7 Å². The van der Waals surface area contributed by atoms with E-state index in [4.69, 9.17) is 9.84 Å². The molecule has 0 heterocycles. The van der Waals surface area contributed by atoms with Crippen LogP contribution in [0.1, 0.15) is 19.4 Å². The molecule has 0 aliphatic heterocycles. The van der Waals surface area contributed by atoms with Crippen LogP contribution < -0.4 is 0 Å². The van der Waals surface area contributed by atoms with Gasteiger partial charge in [-0.05, 0) is 24.6 Å². The Labute approximate surface area is 125 Å². The minimum atomic E-state index is -3.61. The second kappa shape index (κ2) is 7.53. The molecule has 1 rings (SSSR count). The molecule has 21 heavy (non-hydrogen) atoms. The molecule has 1 N–H and O–H groups in total. The van der Waals surface area contributed by atoms with E-state index in [0.717, 1.165) is 0 Å². The Balaban J connectivity index is 3.03. The zero-order valence-electron chi connectivity index (χ0n) is 12.4. The van der Waals surface area contributed by atoms with Gasteiger partial charge in [-0.25, -0.2) is 8.42 Å². The van der Waals surface area contributed by atoms with Gasteiger partial charge in [0.1, 0.15) is 0 Å². The summed E-state index contributed by atoms with van der Waals surface area (Å²) < 4.78 is 31.5. The topological polar surface area (TPSA) is 83.9 Å². The van der Waals surface area contributed by atoms with Crippen molar-refractivity contribution in [1.29, 1.82) is 0 Å². The van der Waals surface area contributed by atoms with E-state index in [1.807, 2.05) is 0 Å². The van der Waals surface area contributed by atoms with Gasteiger partial charge in [0.2, 0.25) is 10.0 Å². The zero-order chi connectivity index (χ0) is 16.0. The number of ether oxygens (including phenoxy) is 1. The summed E-state index contributed by atoms with van der Waals surface area (Å²) in [4.78, 5) is 10.8. The van der Waals surface area contributed by atoms with Crippen molar-refractivity contribution in [2.24, 2.45) is 0 Å². The highest BCUT2D eigenvalue weighted by atomic mass is 32.2. The van der Waals surface area contributed by atoms with Crippen LogP contribution >= 0.6 is 0 Å². The van der Waals surface area contributed by atoms with E-state index in [1.54, 1.807) is 13.8 Å². The number of carboxylic acids is 1. The summed E-state index contributed by atoms with van der Waals surface area (Å²) >= 11 is 0. The molecule has 1 aromatic rings. The van der Waals surface area contributed by atoms with Crippen LogP contribution in [0.4, 0.5) is 0 Å². The smallest absolute Gasteiger partial charge is 0.307 e. The standard InChI is InChI=1S/C14H21NO5S/c1-4-15(11(2)10-20-3)21(18,19)13-7-5-12(6-8-13)9-14(16)17/h5-8,11H,4,9-10H2,1-3H3,(H,16,17). The number of likely N-dealkylation sites (N-methyl/N-ethyl adjacent to an activating group) is 1. The lowest BCUT2D eigenvalue weighted by molar-refractivity contribution is -0.136. The van der Waals surface area contributed by atoms with Gasteiger partial charge in [0.25, 0.3) is 0 Å². The van der Waals surface area contributed by atoms with Crippen LogP contribution in [-0.2, 0) is 26.0 Å². The monoisotopic (exact) mass is 315 g/mol. The van der Waals surface area contributed by atoms with E-state index < -0.39 is 16.0 Å². The van der Waals surface area contributed by atoms with E-state index in [-0.39, 0.29) is 17.4 Å². The maximum atomic E-state index is 12.6. The fourth-order valence-corrected chi connectivity index (χ4v) is 3.76. The van der Waals surface area contributed by atoms with E-state index in [9.17, 15) is 13.2 Å². The number of aliphatic carboxylic acids is 1. The molecule has 0 aliphatic carbocycles. The normalized spacial score (nSPS) is 13.3. The van der Waals surface area contributed by atoms with Crippen molar-refractivity contribution in [2.45, 2.75) is 31.2 Å². The largest absolute Gasteiger partial charge is 0.481 e. The molecule has 0 aromatic heterocycles. The van der Waals surface area contributed by atoms with Gasteiger partial charge in [0.15, 0.2) is 0 Å². The van der Waals surface area contributed by atoms with Crippen molar-refractivity contribution in [3.8, 4) is 0 Å². The lowest BCUT2D eigenvalue weighted by Crippen LogP contribution is -2.40. The van der Waals surface area contributed by atoms with Crippen molar-refractivity contribution < 1.29 is 23.1 Å². The van der Waals surface area contributed by atoms with E-state index in [1.165, 1.54) is 35.7 Å². The van der Waals surface area contributed by atoms with Gasteiger partial charge in [0, 0.05) is 19.7 Å². The van der Waals surface area contributed by atoms with Crippen LogP contribution in [0.2, 0.25) is 0 Å². The molecule has 1 atom stereocenters. The maximum absolute atomic E-state index is 12.6. The summed E-state index contributed by atoms with van der Waals surface area (Å²) in [5.41, 5.74) is 0.564. The molecule has 0 amide bonds. The number of sulfonamides is 1. The Morgan fingerprint density at radius 3 is 2.33 bits per heavy atom. The van der Waals surface area contributed by atoms with Gasteiger partial charge >= 0.3 is 5.97 Å². The predicted octanol–water partition coefficient (Wildman–Crippen LogP) is 1.36. The van der Waals surface area contributed by atoms with Gasteiger partial charge < -0.3 is 9.84 Å². The van der Waals surface area contributed by atoms with E-state index >= 15 is 0 Å². The second-order valence-electron chi connectivity index (χ2n) is 4.73. The van der Waals surface area contributed by atoms with Crippen LogP contribution in [0.5, 0.6) is 0 Å². The highest BCUT2D eigenvalue weighted by molar-refractivity contribution is 7.89. The van der Waals surface area contributed by atoms with Crippen LogP contribution in [-0.4, -0.2) is 50.1 Å². The second-order valence-corrected chi connectivity index (χ2v) is 6.62. The van der Waals surface area contributed by atoms with Crippen LogP contribution in [0.15, 0.2) is 29.2 Å². The summed E-state index contributed by atoms with van der Waals surface area (Å²) in [6, 6.07) is 5.65. The molecular weight excluding hydrogens is 294 g/mol. The van der Waals surface area contributed by atoms with Crippen molar-refractivity contribution in [3.63, 3.8) is 0 Å². The number of hydrogen-bond acceptors (Lipinski definition) is 4. The summed E-state index contributed by atoms with van der Waals surface area (Å²) in [7, 11) is -2.09. The number of benzene rings is 1. The number of carbonyl (C=O) groups is 1. The summed E-state index contributed by atoms with van der Waals surface area (Å²) in [6.45, 7) is 4.19. The first-order valence-corrected chi connectivity index (χ1v) is 8.08. The van der Waals surface area contributed by atoms with Crippen LogP contribution in [0.3, 0.4) is 0 Å². The lowest BCUT2D eigenvalue weighted by atomic mass is 10.2. The lowest BCUT2D eigenvalue weighted by Gasteiger charge is -2.26. The Hall–Kier alpha value is -1.44. The fourth-order valence-electron chi connectivity index (χ4n) is 2.13. The van der Waals surface area contributed by atoms with Crippen LogP contribution in [0.25, 0.3) is 0 Å². The number of carboxylic acid groups (broad SMARTS) is 1. The summed E-state index contributed by atoms with van der Waals surface area (Å²) in [6.07, 6.45) is -0.127. The molecule has 1 unspecified atom stereocenters. The Kier molecular flexibility index (Phi) is 6.32. The zero-order valence-corrected chi connectivity index (χ0v) is 13.3. The van der Waals surface area contributed by atoms with Crippen LogP contribution in [0, 0.1) is 0 Å². The number of hydrogen-bond donors (Lipinski definition) is 1. The molecule has 1 aromatic carbocycles. The quantitative estimate of drug-likeness (QED) is 0.783. The first-order chi connectivity index (χ1) is 9.82. The Bertz CT molecular complexity index is 568. The molecule has 0 fully saturated rings. The van der Waals surface area contributed by atoms with Gasteiger partial charge in [-0.2, -0.15) is 4.31 Å². The Morgan fingerprint density at radius 2 is 1.90 bits per heavy atom. The molecule has 0 spiro atoms. The maximum Gasteiger partial charge on any atom is 0.307 e. The molecule has 0 saturated carbocycles. The number of nitrogens with zero attached hydrogens (tertiary/aromatic N) is 1. The fraction of sp³-hybridized carbons (Fsp3) is 0.500. The highest BCUT2D eigenvalue weighted by Crippen LogP contribution is 2.19. The molecular formula is C14H21NO5S. The molecule has 7 heteroatoms. The summed E-state index contributed by atoms with van der Waals surface area (Å²) in [5, 5.41) is 8.71. The van der Waals surface area contributed by atoms with Gasteiger partial charge in [-0.1, -0.05) is 19.1 Å². The molecule has 118 valence electrons. The number of methoxy groups -OCH3 is 1. The molecule has 0 saturated heterocycles. The van der Waals surface area contributed by atoms with Crippen molar-refractivity contribution in [2.75, 3.05) is 20.3 Å². The first kappa shape index (κ1) is 17.6. The molecule has 0 aliphatic rings. The summed E-state index contributed by atoms with van der Waals surface area (Å²) in [5.74, 6) is -0.950. The van der Waals surface area contributed by atoms with Crippen molar-refractivity contribution in [1.82, 2.24) is 4.31 Å². The minimum Gasteiger partial charge on any atom is -0.481 e.